The van der Waals surface area contributed by atoms with Gasteiger partial charge in [-0.3, -0.25) is 4.79 Å². The van der Waals surface area contributed by atoms with Gasteiger partial charge in [0, 0.05) is 12.5 Å². The maximum atomic E-state index is 11.0. The molecule has 2 aromatic rings. The Morgan fingerprint density at radius 1 is 1.39 bits per heavy atom. The number of aryl methyl sites for hydroxylation is 1. The molecule has 94 valence electrons. The maximum absolute atomic E-state index is 11.0. The van der Waals surface area contributed by atoms with E-state index in [4.69, 9.17) is 4.52 Å². The Hall–Kier alpha value is -2.17. The van der Waals surface area contributed by atoms with Crippen LogP contribution in [-0.4, -0.2) is 16.0 Å². The molecule has 2 rings (SSSR count). The maximum Gasteiger partial charge on any atom is 0.249 e. The van der Waals surface area contributed by atoms with Crippen molar-refractivity contribution in [2.45, 2.75) is 26.8 Å². The number of carbonyl (C=O) groups is 1. The van der Waals surface area contributed by atoms with Crippen LogP contribution in [0.4, 0.5) is 0 Å². The van der Waals surface area contributed by atoms with E-state index in [1.165, 1.54) is 6.92 Å². The van der Waals surface area contributed by atoms with Gasteiger partial charge in [-0.05, 0) is 19.4 Å². The van der Waals surface area contributed by atoms with Crippen LogP contribution in [-0.2, 0) is 4.79 Å². The third kappa shape index (κ3) is 2.56. The molecule has 0 saturated carbocycles. The van der Waals surface area contributed by atoms with Crippen LogP contribution in [0.5, 0.6) is 0 Å². The third-order valence-corrected chi connectivity index (χ3v) is 2.62. The summed E-state index contributed by atoms with van der Waals surface area (Å²) >= 11 is 0. The molecule has 18 heavy (non-hydrogen) atoms. The van der Waals surface area contributed by atoms with E-state index in [2.05, 4.69) is 15.5 Å². The number of nitrogens with one attached hydrogen (secondary N) is 1. The number of hydrogen-bond donors (Lipinski definition) is 1. The van der Waals surface area contributed by atoms with E-state index < -0.39 is 0 Å². The lowest BCUT2D eigenvalue weighted by atomic mass is 10.1. The molecule has 0 spiro atoms. The minimum absolute atomic E-state index is 0.127. The SMILES string of the molecule is CC(=O)N[C@@H](C)c1nc(-c2ccccc2C)no1. The van der Waals surface area contributed by atoms with E-state index in [1.807, 2.05) is 31.2 Å². The number of nitrogens with zero attached hydrogens (tertiary/aromatic N) is 2. The lowest BCUT2D eigenvalue weighted by molar-refractivity contribution is -0.119. The Labute approximate surface area is 105 Å². The fourth-order valence-corrected chi connectivity index (χ4v) is 1.71. The summed E-state index contributed by atoms with van der Waals surface area (Å²) in [6.07, 6.45) is 0. The highest BCUT2D eigenvalue weighted by Crippen LogP contribution is 2.21. The van der Waals surface area contributed by atoms with Gasteiger partial charge >= 0.3 is 0 Å². The van der Waals surface area contributed by atoms with Crippen LogP contribution in [0.1, 0.15) is 31.3 Å². The number of hydrogen-bond acceptors (Lipinski definition) is 4. The van der Waals surface area contributed by atoms with Crippen LogP contribution in [0.15, 0.2) is 28.8 Å². The molecule has 0 aliphatic rings. The fraction of sp³-hybridized carbons (Fsp3) is 0.308. The van der Waals surface area contributed by atoms with Crippen LogP contribution < -0.4 is 5.32 Å². The molecule has 5 nitrogen and oxygen atoms in total. The first-order valence-electron chi connectivity index (χ1n) is 5.74. The summed E-state index contributed by atoms with van der Waals surface area (Å²) in [4.78, 5) is 15.3. The zero-order chi connectivity index (χ0) is 13.1. The standard InChI is InChI=1S/C13H15N3O2/c1-8-6-4-5-7-11(8)12-15-13(18-16-12)9(2)14-10(3)17/h4-7,9H,1-3H3,(H,14,17)/t9-/m0/s1. The van der Waals surface area contributed by atoms with Gasteiger partial charge in [0.05, 0.1) is 0 Å². The summed E-state index contributed by atoms with van der Waals surface area (Å²) in [6.45, 7) is 5.24. The first-order chi connectivity index (χ1) is 8.58. The van der Waals surface area contributed by atoms with Crippen molar-refractivity contribution in [2.75, 3.05) is 0 Å². The molecule has 5 heteroatoms. The van der Waals surface area contributed by atoms with Crippen LogP contribution in [0, 0.1) is 6.92 Å². The van der Waals surface area contributed by atoms with Gasteiger partial charge in [0.15, 0.2) is 0 Å². The Morgan fingerprint density at radius 3 is 2.78 bits per heavy atom. The highest BCUT2D eigenvalue weighted by atomic mass is 16.5. The molecule has 0 bridgehead atoms. The fourth-order valence-electron chi connectivity index (χ4n) is 1.71. The highest BCUT2D eigenvalue weighted by molar-refractivity contribution is 5.73. The van der Waals surface area contributed by atoms with Crippen LogP contribution >= 0.6 is 0 Å². The number of benzene rings is 1. The Kier molecular flexibility index (Phi) is 3.41. The lowest BCUT2D eigenvalue weighted by Gasteiger charge is -2.05. The number of rotatable bonds is 3. The number of aromatic nitrogens is 2. The van der Waals surface area contributed by atoms with Gasteiger partial charge < -0.3 is 9.84 Å². The van der Waals surface area contributed by atoms with Crippen LogP contribution in [0.25, 0.3) is 11.4 Å². The summed E-state index contributed by atoms with van der Waals surface area (Å²) in [7, 11) is 0. The molecule has 1 aromatic heterocycles. The molecule has 0 aliphatic carbocycles. The minimum Gasteiger partial charge on any atom is -0.345 e. The molecule has 0 unspecified atom stereocenters. The van der Waals surface area contributed by atoms with Crippen molar-refractivity contribution in [3.05, 3.63) is 35.7 Å². The topological polar surface area (TPSA) is 68.0 Å². The van der Waals surface area contributed by atoms with Crippen molar-refractivity contribution in [3.63, 3.8) is 0 Å². The van der Waals surface area contributed by atoms with Crippen LogP contribution in [0.2, 0.25) is 0 Å². The lowest BCUT2D eigenvalue weighted by Crippen LogP contribution is -2.23. The zero-order valence-electron chi connectivity index (χ0n) is 10.6. The Bertz CT molecular complexity index is 563. The quantitative estimate of drug-likeness (QED) is 0.900. The average Bonchev–Trinajstić information content (AvgIpc) is 2.78. The van der Waals surface area contributed by atoms with Crippen molar-refractivity contribution in [3.8, 4) is 11.4 Å². The molecular formula is C13H15N3O2. The summed E-state index contributed by atoms with van der Waals surface area (Å²) in [5, 5.41) is 6.64. The smallest absolute Gasteiger partial charge is 0.249 e. The van der Waals surface area contributed by atoms with Gasteiger partial charge in [0.2, 0.25) is 17.6 Å². The van der Waals surface area contributed by atoms with E-state index in [-0.39, 0.29) is 11.9 Å². The summed E-state index contributed by atoms with van der Waals surface area (Å²) < 4.78 is 5.16. The zero-order valence-corrected chi connectivity index (χ0v) is 10.6. The second kappa shape index (κ2) is 5.00. The van der Waals surface area contributed by atoms with Crippen molar-refractivity contribution in [1.29, 1.82) is 0 Å². The third-order valence-electron chi connectivity index (χ3n) is 2.62. The predicted octanol–water partition coefficient (Wildman–Crippen LogP) is 2.24. The first-order valence-corrected chi connectivity index (χ1v) is 5.74. The predicted molar refractivity (Wildman–Crippen MR) is 66.7 cm³/mol. The molecule has 1 amide bonds. The van der Waals surface area contributed by atoms with Gasteiger partial charge in [-0.1, -0.05) is 29.4 Å². The molecule has 1 N–H and O–H groups in total. The highest BCUT2D eigenvalue weighted by Gasteiger charge is 2.16. The van der Waals surface area contributed by atoms with Crippen molar-refractivity contribution in [1.82, 2.24) is 15.5 Å². The van der Waals surface area contributed by atoms with Gasteiger partial charge in [-0.2, -0.15) is 4.98 Å². The van der Waals surface area contributed by atoms with Crippen molar-refractivity contribution >= 4 is 5.91 Å². The van der Waals surface area contributed by atoms with Gasteiger partial charge in [-0.15, -0.1) is 0 Å². The normalized spacial score (nSPS) is 12.2. The molecular weight excluding hydrogens is 230 g/mol. The molecule has 0 saturated heterocycles. The van der Waals surface area contributed by atoms with E-state index in [0.29, 0.717) is 11.7 Å². The van der Waals surface area contributed by atoms with Crippen LogP contribution in [0.3, 0.4) is 0 Å². The van der Waals surface area contributed by atoms with Gasteiger partial charge in [-0.25, -0.2) is 0 Å². The van der Waals surface area contributed by atoms with E-state index in [1.54, 1.807) is 6.92 Å². The van der Waals surface area contributed by atoms with Crippen molar-refractivity contribution in [2.24, 2.45) is 0 Å². The summed E-state index contributed by atoms with van der Waals surface area (Å²) in [5.74, 6) is 0.821. The minimum atomic E-state index is -0.284. The largest absolute Gasteiger partial charge is 0.345 e. The number of amides is 1. The van der Waals surface area contributed by atoms with E-state index in [9.17, 15) is 4.79 Å². The monoisotopic (exact) mass is 245 g/mol. The summed E-state index contributed by atoms with van der Waals surface area (Å²) in [6, 6.07) is 7.53. The molecule has 0 aliphatic heterocycles. The first kappa shape index (κ1) is 12.3. The molecule has 0 radical (unpaired) electrons. The second-order valence-corrected chi connectivity index (χ2v) is 4.19. The molecule has 1 aromatic carbocycles. The van der Waals surface area contributed by atoms with Crippen molar-refractivity contribution < 1.29 is 9.32 Å². The van der Waals surface area contributed by atoms with Gasteiger partial charge in [0.1, 0.15) is 6.04 Å². The number of carbonyl (C=O) groups excluding carboxylic acids is 1. The summed E-state index contributed by atoms with van der Waals surface area (Å²) in [5.41, 5.74) is 2.01. The van der Waals surface area contributed by atoms with E-state index >= 15 is 0 Å². The Balaban J connectivity index is 2.26. The molecule has 1 heterocycles. The Morgan fingerprint density at radius 2 is 2.11 bits per heavy atom. The van der Waals surface area contributed by atoms with Gasteiger partial charge in [0.25, 0.3) is 0 Å². The average molecular weight is 245 g/mol. The van der Waals surface area contributed by atoms with E-state index in [0.717, 1.165) is 11.1 Å². The molecule has 1 atom stereocenters. The molecule has 0 fully saturated rings. The second-order valence-electron chi connectivity index (χ2n) is 4.19.